The van der Waals surface area contributed by atoms with E-state index in [0.717, 1.165) is 17.5 Å². The van der Waals surface area contributed by atoms with Gasteiger partial charge in [0.1, 0.15) is 6.54 Å². The van der Waals surface area contributed by atoms with Crippen LogP contribution in [0.25, 0.3) is 0 Å². The minimum atomic E-state index is -4.33. The van der Waals surface area contributed by atoms with Crippen LogP contribution in [0.4, 0.5) is 23.8 Å². The molecule has 5 nitrogen and oxygen atoms in total. The van der Waals surface area contributed by atoms with Crippen LogP contribution < -0.4 is 10.6 Å². The van der Waals surface area contributed by atoms with Gasteiger partial charge in [-0.3, -0.25) is 10.00 Å². The number of rotatable bonds is 4. The van der Waals surface area contributed by atoms with Crippen molar-refractivity contribution in [3.8, 4) is 0 Å². The molecule has 0 spiro atoms. The molecular weight excluding hydrogens is 261 g/mol. The summed E-state index contributed by atoms with van der Waals surface area (Å²) < 4.78 is 37.1. The van der Waals surface area contributed by atoms with Gasteiger partial charge in [-0.1, -0.05) is 0 Å². The highest BCUT2D eigenvalue weighted by Gasteiger charge is 2.29. The lowest BCUT2D eigenvalue weighted by Gasteiger charge is -2.12. The highest BCUT2D eigenvalue weighted by Crippen LogP contribution is 2.32. The van der Waals surface area contributed by atoms with Crippen LogP contribution in [-0.2, 0) is 6.54 Å². The standard InChI is InChI=1S/C11H15F3N4O/c1-7(8-2-3-8)15-10(19)16-9-4-5-18(17-9)6-11(12,13)14/h4-5,7-8H,2-3,6H2,1H3,(H2,15,16,17,19)/t7-/m0/s1. The molecular formula is C11H15F3N4O. The van der Waals surface area contributed by atoms with Crippen LogP contribution in [0.2, 0.25) is 0 Å². The lowest BCUT2D eigenvalue weighted by atomic mass is 10.2. The average molecular weight is 276 g/mol. The first-order chi connectivity index (χ1) is 8.83. The minimum absolute atomic E-state index is 0.0669. The number of amides is 2. The maximum atomic E-state index is 12.1. The van der Waals surface area contributed by atoms with Crippen molar-refractivity contribution in [1.82, 2.24) is 15.1 Å². The number of halogens is 3. The Morgan fingerprint density at radius 3 is 2.84 bits per heavy atom. The van der Waals surface area contributed by atoms with Gasteiger partial charge in [-0.05, 0) is 25.7 Å². The molecule has 2 amide bonds. The summed E-state index contributed by atoms with van der Waals surface area (Å²) in [5, 5.41) is 8.77. The molecule has 0 aliphatic heterocycles. The predicted octanol–water partition coefficient (Wildman–Crippen LogP) is 2.37. The molecule has 0 radical (unpaired) electrons. The van der Waals surface area contributed by atoms with Crippen molar-refractivity contribution >= 4 is 11.8 Å². The highest BCUT2D eigenvalue weighted by atomic mass is 19.4. The van der Waals surface area contributed by atoms with Gasteiger partial charge in [-0.2, -0.15) is 18.3 Å². The second-order valence-corrected chi connectivity index (χ2v) is 4.74. The number of anilines is 1. The molecule has 1 aromatic rings. The molecule has 0 unspecified atom stereocenters. The summed E-state index contributed by atoms with van der Waals surface area (Å²) in [6.07, 6.45) is -0.956. The van der Waals surface area contributed by atoms with Gasteiger partial charge >= 0.3 is 12.2 Å². The van der Waals surface area contributed by atoms with E-state index in [-0.39, 0.29) is 11.9 Å². The van der Waals surface area contributed by atoms with Crippen molar-refractivity contribution in [2.75, 3.05) is 5.32 Å². The molecule has 106 valence electrons. The Morgan fingerprint density at radius 2 is 2.26 bits per heavy atom. The summed E-state index contributed by atoms with van der Waals surface area (Å²) >= 11 is 0. The molecule has 19 heavy (non-hydrogen) atoms. The number of urea groups is 1. The van der Waals surface area contributed by atoms with E-state index in [0.29, 0.717) is 5.92 Å². The zero-order valence-corrected chi connectivity index (χ0v) is 10.4. The number of nitrogens with zero attached hydrogens (tertiary/aromatic N) is 2. The maximum Gasteiger partial charge on any atom is 0.408 e. The van der Waals surface area contributed by atoms with Gasteiger partial charge in [0.2, 0.25) is 0 Å². The summed E-state index contributed by atoms with van der Waals surface area (Å²) in [4.78, 5) is 11.6. The largest absolute Gasteiger partial charge is 0.408 e. The molecule has 0 saturated heterocycles. The molecule has 1 saturated carbocycles. The number of nitrogens with one attached hydrogen (secondary N) is 2. The fourth-order valence-corrected chi connectivity index (χ4v) is 1.77. The maximum absolute atomic E-state index is 12.1. The van der Waals surface area contributed by atoms with Gasteiger partial charge in [-0.25, -0.2) is 4.79 Å². The van der Waals surface area contributed by atoms with Crippen molar-refractivity contribution in [1.29, 1.82) is 0 Å². The van der Waals surface area contributed by atoms with Crippen LogP contribution in [0, 0.1) is 5.92 Å². The van der Waals surface area contributed by atoms with Crippen LogP contribution in [0.15, 0.2) is 12.3 Å². The third-order valence-corrected chi connectivity index (χ3v) is 2.91. The Hall–Kier alpha value is -1.73. The van der Waals surface area contributed by atoms with Crippen molar-refractivity contribution in [3.05, 3.63) is 12.3 Å². The van der Waals surface area contributed by atoms with Crippen molar-refractivity contribution in [3.63, 3.8) is 0 Å². The van der Waals surface area contributed by atoms with Gasteiger partial charge in [0, 0.05) is 18.3 Å². The van der Waals surface area contributed by atoms with Gasteiger partial charge < -0.3 is 5.32 Å². The van der Waals surface area contributed by atoms with E-state index in [9.17, 15) is 18.0 Å². The number of alkyl halides is 3. The topological polar surface area (TPSA) is 59.0 Å². The second-order valence-electron chi connectivity index (χ2n) is 4.74. The Morgan fingerprint density at radius 1 is 1.58 bits per heavy atom. The molecule has 2 rings (SSSR count). The molecule has 1 aliphatic rings. The van der Waals surface area contributed by atoms with Gasteiger partial charge in [0.15, 0.2) is 5.82 Å². The molecule has 8 heteroatoms. The monoisotopic (exact) mass is 276 g/mol. The molecule has 1 atom stereocenters. The first-order valence-electron chi connectivity index (χ1n) is 6.01. The Balaban J connectivity index is 1.83. The molecule has 2 N–H and O–H groups in total. The van der Waals surface area contributed by atoms with E-state index in [2.05, 4.69) is 15.7 Å². The van der Waals surface area contributed by atoms with Crippen LogP contribution in [-0.4, -0.2) is 28.0 Å². The van der Waals surface area contributed by atoms with E-state index in [1.165, 1.54) is 12.3 Å². The van der Waals surface area contributed by atoms with Crippen molar-refractivity contribution in [2.45, 2.75) is 38.5 Å². The third kappa shape index (κ3) is 4.46. The van der Waals surface area contributed by atoms with E-state index in [4.69, 9.17) is 0 Å². The van der Waals surface area contributed by atoms with E-state index in [1.54, 1.807) is 0 Å². The first-order valence-corrected chi connectivity index (χ1v) is 6.01. The summed E-state index contributed by atoms with van der Waals surface area (Å²) in [6.45, 7) is 0.730. The molecule has 0 bridgehead atoms. The lowest BCUT2D eigenvalue weighted by Crippen LogP contribution is -2.37. The van der Waals surface area contributed by atoms with E-state index < -0.39 is 18.8 Å². The third-order valence-electron chi connectivity index (χ3n) is 2.91. The van der Waals surface area contributed by atoms with Crippen LogP contribution >= 0.6 is 0 Å². The fourth-order valence-electron chi connectivity index (χ4n) is 1.77. The molecule has 1 aromatic heterocycles. The summed E-state index contributed by atoms with van der Waals surface area (Å²) in [7, 11) is 0. The summed E-state index contributed by atoms with van der Waals surface area (Å²) in [6, 6.07) is 0.946. The lowest BCUT2D eigenvalue weighted by molar-refractivity contribution is -0.142. The molecule has 0 aromatic carbocycles. The van der Waals surface area contributed by atoms with E-state index in [1.807, 2.05) is 6.92 Å². The molecule has 1 heterocycles. The number of carbonyl (C=O) groups is 1. The second kappa shape index (κ2) is 5.10. The number of aromatic nitrogens is 2. The zero-order chi connectivity index (χ0) is 14.0. The van der Waals surface area contributed by atoms with Crippen LogP contribution in [0.3, 0.4) is 0 Å². The Kier molecular flexibility index (Phi) is 3.68. The van der Waals surface area contributed by atoms with Crippen molar-refractivity contribution < 1.29 is 18.0 Å². The quantitative estimate of drug-likeness (QED) is 0.887. The molecule has 1 fully saturated rings. The predicted molar refractivity (Wildman–Crippen MR) is 62.6 cm³/mol. The highest BCUT2D eigenvalue weighted by molar-refractivity contribution is 5.88. The van der Waals surface area contributed by atoms with Gasteiger partial charge in [-0.15, -0.1) is 0 Å². The van der Waals surface area contributed by atoms with Gasteiger partial charge in [0.05, 0.1) is 0 Å². The van der Waals surface area contributed by atoms with Crippen LogP contribution in [0.5, 0.6) is 0 Å². The number of carbonyl (C=O) groups excluding carboxylic acids is 1. The zero-order valence-electron chi connectivity index (χ0n) is 10.4. The number of hydrogen-bond acceptors (Lipinski definition) is 2. The Labute approximate surface area is 108 Å². The number of hydrogen-bond donors (Lipinski definition) is 2. The molecule has 1 aliphatic carbocycles. The minimum Gasteiger partial charge on any atom is -0.335 e. The normalized spacial score (nSPS) is 17.1. The summed E-state index contributed by atoms with van der Waals surface area (Å²) in [5.74, 6) is 0.610. The first kappa shape index (κ1) is 13.7. The average Bonchev–Trinajstić information content (AvgIpc) is 3.01. The van der Waals surface area contributed by atoms with E-state index >= 15 is 0 Å². The SMILES string of the molecule is C[C@H](NC(=O)Nc1ccn(CC(F)(F)F)n1)C1CC1. The fraction of sp³-hybridized carbons (Fsp3) is 0.636. The van der Waals surface area contributed by atoms with Gasteiger partial charge in [0.25, 0.3) is 0 Å². The van der Waals surface area contributed by atoms with Crippen LogP contribution in [0.1, 0.15) is 19.8 Å². The van der Waals surface area contributed by atoms with Crippen molar-refractivity contribution in [2.24, 2.45) is 5.92 Å². The smallest absolute Gasteiger partial charge is 0.335 e. The Bertz CT molecular complexity index is 453. The summed E-state index contributed by atoms with van der Waals surface area (Å²) in [5.41, 5.74) is 0.